The van der Waals surface area contributed by atoms with E-state index in [9.17, 15) is 4.79 Å². The Labute approximate surface area is 123 Å². The van der Waals surface area contributed by atoms with Crippen LogP contribution in [0.15, 0.2) is 48.5 Å². The van der Waals surface area contributed by atoms with Crippen molar-refractivity contribution in [3.63, 3.8) is 0 Å². The van der Waals surface area contributed by atoms with E-state index in [1.165, 1.54) is 0 Å². The van der Waals surface area contributed by atoms with Crippen LogP contribution in [0.5, 0.6) is 5.75 Å². The predicted molar refractivity (Wildman–Crippen MR) is 81.2 cm³/mol. The number of carbonyl (C=O) groups excluding carboxylic acids is 1. The highest BCUT2D eigenvalue weighted by Crippen LogP contribution is 2.31. The van der Waals surface area contributed by atoms with Gasteiger partial charge in [0.25, 0.3) is 0 Å². The van der Waals surface area contributed by atoms with Gasteiger partial charge in [0.1, 0.15) is 12.4 Å². The standard InChI is InChI=1S/C16H17N3O2/c17-9-11-5-7-12(8-6-11)18-16(20)19-14-10-21-15-4-2-1-3-13(14)15/h1-8,14H,9-10,17H2,(H2,18,19,20). The molecule has 1 aliphatic rings. The number of urea groups is 1. The molecule has 0 radical (unpaired) electrons. The lowest BCUT2D eigenvalue weighted by molar-refractivity contribution is 0.243. The Morgan fingerprint density at radius 2 is 1.95 bits per heavy atom. The molecule has 2 aromatic carbocycles. The minimum Gasteiger partial charge on any atom is -0.491 e. The van der Waals surface area contributed by atoms with Crippen molar-refractivity contribution < 1.29 is 9.53 Å². The summed E-state index contributed by atoms with van der Waals surface area (Å²) < 4.78 is 5.54. The normalized spacial score (nSPS) is 16.0. The average molecular weight is 283 g/mol. The molecule has 1 unspecified atom stereocenters. The van der Waals surface area contributed by atoms with E-state index in [1.807, 2.05) is 48.5 Å². The Kier molecular flexibility index (Phi) is 3.75. The molecule has 0 aromatic heterocycles. The first-order valence-electron chi connectivity index (χ1n) is 6.84. The molecule has 0 saturated heterocycles. The highest BCUT2D eigenvalue weighted by atomic mass is 16.5. The lowest BCUT2D eigenvalue weighted by Gasteiger charge is -2.13. The zero-order valence-corrected chi connectivity index (χ0v) is 11.5. The second-order valence-electron chi connectivity index (χ2n) is 4.90. The highest BCUT2D eigenvalue weighted by molar-refractivity contribution is 5.89. The summed E-state index contributed by atoms with van der Waals surface area (Å²) in [6.45, 7) is 0.946. The molecule has 5 heteroatoms. The molecular formula is C16H17N3O2. The molecule has 2 amide bonds. The third-order valence-corrected chi connectivity index (χ3v) is 3.45. The summed E-state index contributed by atoms with van der Waals surface area (Å²) in [4.78, 5) is 12.0. The third-order valence-electron chi connectivity index (χ3n) is 3.45. The minimum atomic E-state index is -0.249. The van der Waals surface area contributed by atoms with Crippen molar-refractivity contribution in [1.82, 2.24) is 5.32 Å². The number of amides is 2. The molecule has 1 aliphatic heterocycles. The van der Waals surface area contributed by atoms with E-state index < -0.39 is 0 Å². The summed E-state index contributed by atoms with van der Waals surface area (Å²) in [6.07, 6.45) is 0. The second kappa shape index (κ2) is 5.85. The van der Waals surface area contributed by atoms with Crippen LogP contribution in [0.1, 0.15) is 17.2 Å². The fourth-order valence-electron chi connectivity index (χ4n) is 2.33. The zero-order chi connectivity index (χ0) is 14.7. The van der Waals surface area contributed by atoms with Gasteiger partial charge in [0.2, 0.25) is 0 Å². The van der Waals surface area contributed by atoms with Gasteiger partial charge in [0.05, 0.1) is 6.04 Å². The van der Waals surface area contributed by atoms with Crippen LogP contribution in [0, 0.1) is 0 Å². The van der Waals surface area contributed by atoms with Gasteiger partial charge in [0.15, 0.2) is 0 Å². The van der Waals surface area contributed by atoms with Crippen molar-refractivity contribution in [2.75, 3.05) is 11.9 Å². The van der Waals surface area contributed by atoms with Crippen LogP contribution in [0.4, 0.5) is 10.5 Å². The maximum absolute atomic E-state index is 12.0. The number of fused-ring (bicyclic) bond motifs is 1. The number of ether oxygens (including phenoxy) is 1. The molecule has 0 fully saturated rings. The van der Waals surface area contributed by atoms with Crippen LogP contribution in [-0.4, -0.2) is 12.6 Å². The topological polar surface area (TPSA) is 76.4 Å². The fraction of sp³-hybridized carbons (Fsp3) is 0.188. The Bertz CT molecular complexity index is 640. The van der Waals surface area contributed by atoms with E-state index in [1.54, 1.807) is 0 Å². The summed E-state index contributed by atoms with van der Waals surface area (Å²) in [7, 11) is 0. The number of para-hydroxylation sites is 1. The van der Waals surface area contributed by atoms with Gasteiger partial charge in [0, 0.05) is 17.8 Å². The molecular weight excluding hydrogens is 266 g/mol. The molecule has 5 nitrogen and oxygen atoms in total. The smallest absolute Gasteiger partial charge is 0.319 e. The van der Waals surface area contributed by atoms with Gasteiger partial charge >= 0.3 is 6.03 Å². The molecule has 0 bridgehead atoms. The molecule has 3 rings (SSSR count). The SMILES string of the molecule is NCc1ccc(NC(=O)NC2COc3ccccc32)cc1. The van der Waals surface area contributed by atoms with Crippen LogP contribution >= 0.6 is 0 Å². The summed E-state index contributed by atoms with van der Waals surface area (Å²) in [5.74, 6) is 0.829. The number of anilines is 1. The van der Waals surface area contributed by atoms with E-state index >= 15 is 0 Å². The Balaban J connectivity index is 1.62. The number of nitrogens with one attached hydrogen (secondary N) is 2. The fourth-order valence-corrected chi connectivity index (χ4v) is 2.33. The van der Waals surface area contributed by atoms with Gasteiger partial charge in [-0.1, -0.05) is 30.3 Å². The maximum Gasteiger partial charge on any atom is 0.319 e. The van der Waals surface area contributed by atoms with E-state index in [-0.39, 0.29) is 12.1 Å². The van der Waals surface area contributed by atoms with Gasteiger partial charge in [-0.2, -0.15) is 0 Å². The molecule has 1 atom stereocenters. The summed E-state index contributed by atoms with van der Waals surface area (Å²) in [6, 6.07) is 14.8. The third kappa shape index (κ3) is 2.98. The molecule has 4 N–H and O–H groups in total. The summed E-state index contributed by atoms with van der Waals surface area (Å²) in [5.41, 5.74) is 8.31. The number of rotatable bonds is 3. The van der Waals surface area contributed by atoms with Gasteiger partial charge in [-0.15, -0.1) is 0 Å². The van der Waals surface area contributed by atoms with Crippen LogP contribution in [0.3, 0.4) is 0 Å². The van der Waals surface area contributed by atoms with E-state index in [4.69, 9.17) is 10.5 Å². The van der Waals surface area contributed by atoms with Gasteiger partial charge < -0.3 is 21.1 Å². The average Bonchev–Trinajstić information content (AvgIpc) is 2.91. The highest BCUT2D eigenvalue weighted by Gasteiger charge is 2.24. The first-order valence-corrected chi connectivity index (χ1v) is 6.84. The van der Waals surface area contributed by atoms with Crippen molar-refractivity contribution in [3.05, 3.63) is 59.7 Å². The molecule has 108 valence electrons. The number of benzene rings is 2. The molecule has 0 spiro atoms. The van der Waals surface area contributed by atoms with Crippen molar-refractivity contribution in [3.8, 4) is 5.75 Å². The largest absolute Gasteiger partial charge is 0.491 e. The minimum absolute atomic E-state index is 0.121. The maximum atomic E-state index is 12.0. The number of hydrogen-bond donors (Lipinski definition) is 3. The van der Waals surface area contributed by atoms with E-state index in [2.05, 4.69) is 10.6 Å². The molecule has 0 saturated carbocycles. The Morgan fingerprint density at radius 1 is 1.19 bits per heavy atom. The van der Waals surface area contributed by atoms with Crippen molar-refractivity contribution in [1.29, 1.82) is 0 Å². The lowest BCUT2D eigenvalue weighted by atomic mass is 10.1. The van der Waals surface area contributed by atoms with Gasteiger partial charge in [-0.25, -0.2) is 4.79 Å². The van der Waals surface area contributed by atoms with Crippen LogP contribution in [0.2, 0.25) is 0 Å². The Hall–Kier alpha value is -2.53. The van der Waals surface area contributed by atoms with Crippen LogP contribution < -0.4 is 21.1 Å². The van der Waals surface area contributed by atoms with Gasteiger partial charge in [-0.05, 0) is 23.8 Å². The molecule has 21 heavy (non-hydrogen) atoms. The summed E-state index contributed by atoms with van der Waals surface area (Å²) >= 11 is 0. The first-order chi connectivity index (χ1) is 10.3. The number of carbonyl (C=O) groups is 1. The van der Waals surface area contributed by atoms with E-state index in [0.29, 0.717) is 13.2 Å². The van der Waals surface area contributed by atoms with E-state index in [0.717, 1.165) is 22.6 Å². The number of hydrogen-bond acceptors (Lipinski definition) is 3. The monoisotopic (exact) mass is 283 g/mol. The molecule has 0 aliphatic carbocycles. The Morgan fingerprint density at radius 3 is 2.71 bits per heavy atom. The van der Waals surface area contributed by atoms with Crippen molar-refractivity contribution in [2.45, 2.75) is 12.6 Å². The quantitative estimate of drug-likeness (QED) is 0.809. The van der Waals surface area contributed by atoms with Crippen LogP contribution in [-0.2, 0) is 6.54 Å². The van der Waals surface area contributed by atoms with Gasteiger partial charge in [-0.3, -0.25) is 0 Å². The molecule has 1 heterocycles. The lowest BCUT2D eigenvalue weighted by Crippen LogP contribution is -2.33. The first kappa shape index (κ1) is 13.5. The van der Waals surface area contributed by atoms with Crippen molar-refractivity contribution in [2.24, 2.45) is 5.73 Å². The predicted octanol–water partition coefficient (Wildman–Crippen LogP) is 2.40. The number of nitrogens with two attached hydrogens (primary N) is 1. The second-order valence-corrected chi connectivity index (χ2v) is 4.90. The van der Waals surface area contributed by atoms with Crippen LogP contribution in [0.25, 0.3) is 0 Å². The van der Waals surface area contributed by atoms with Crippen molar-refractivity contribution >= 4 is 11.7 Å². The zero-order valence-electron chi connectivity index (χ0n) is 11.5. The summed E-state index contributed by atoms with van der Waals surface area (Å²) in [5, 5.41) is 5.72. The molecule has 2 aromatic rings.